The van der Waals surface area contributed by atoms with E-state index in [0.29, 0.717) is 48.8 Å². The Hall–Kier alpha value is -3.20. The summed E-state index contributed by atoms with van der Waals surface area (Å²) in [5.74, 6) is 0.385. The molecule has 0 aliphatic carbocycles. The zero-order chi connectivity index (χ0) is 24.0. The van der Waals surface area contributed by atoms with Crippen LogP contribution in [0.25, 0.3) is 11.0 Å². The van der Waals surface area contributed by atoms with Crippen molar-refractivity contribution in [2.75, 3.05) is 13.2 Å². The summed E-state index contributed by atoms with van der Waals surface area (Å²) in [6.45, 7) is 6.84. The van der Waals surface area contributed by atoms with Crippen LogP contribution in [0.1, 0.15) is 44.3 Å². The number of carboxylic acids is 1. The Morgan fingerprint density at radius 1 is 1.18 bits per heavy atom. The van der Waals surface area contributed by atoms with Crippen LogP contribution < -0.4 is 10.3 Å². The van der Waals surface area contributed by atoms with Crippen molar-refractivity contribution in [1.82, 2.24) is 19.3 Å². The highest BCUT2D eigenvalue weighted by Gasteiger charge is 2.19. The summed E-state index contributed by atoms with van der Waals surface area (Å²) in [5, 5.41) is 13.7. The molecular weight excluding hydrogens is 424 g/mol. The molecular formula is C24H32N4O5. The first kappa shape index (κ1) is 24.4. The molecule has 178 valence electrons. The molecule has 0 spiro atoms. The molecule has 0 fully saturated rings. The summed E-state index contributed by atoms with van der Waals surface area (Å²) in [7, 11) is 1.78. The predicted octanol–water partition coefficient (Wildman–Crippen LogP) is 2.76. The monoisotopic (exact) mass is 456 g/mol. The first-order valence-electron chi connectivity index (χ1n) is 11.4. The van der Waals surface area contributed by atoms with E-state index in [1.54, 1.807) is 35.4 Å². The van der Waals surface area contributed by atoms with Gasteiger partial charge in [-0.3, -0.25) is 14.0 Å². The van der Waals surface area contributed by atoms with E-state index in [9.17, 15) is 14.7 Å². The number of hydrogen-bond donors (Lipinski definition) is 1. The van der Waals surface area contributed by atoms with Crippen LogP contribution in [0.15, 0.2) is 29.1 Å². The number of rotatable bonds is 12. The minimum Gasteiger partial charge on any atom is -0.492 e. The van der Waals surface area contributed by atoms with Gasteiger partial charge in [0, 0.05) is 26.5 Å². The summed E-state index contributed by atoms with van der Waals surface area (Å²) in [6, 6.07) is 7.24. The summed E-state index contributed by atoms with van der Waals surface area (Å²) >= 11 is 0. The predicted molar refractivity (Wildman–Crippen MR) is 125 cm³/mol. The Kier molecular flexibility index (Phi) is 8.21. The summed E-state index contributed by atoms with van der Waals surface area (Å²) in [6.07, 6.45) is 1.77. The number of aromatic nitrogens is 4. The van der Waals surface area contributed by atoms with E-state index in [0.717, 1.165) is 24.1 Å². The lowest BCUT2D eigenvalue weighted by Gasteiger charge is -2.14. The topological polar surface area (TPSA) is 108 Å². The van der Waals surface area contributed by atoms with Crippen molar-refractivity contribution in [2.45, 2.75) is 59.1 Å². The summed E-state index contributed by atoms with van der Waals surface area (Å²) in [5.41, 5.74) is 2.81. The van der Waals surface area contributed by atoms with Crippen molar-refractivity contribution >= 4 is 17.0 Å². The van der Waals surface area contributed by atoms with Gasteiger partial charge >= 0.3 is 5.97 Å². The second-order valence-electron chi connectivity index (χ2n) is 7.83. The Labute approximate surface area is 193 Å². The van der Waals surface area contributed by atoms with E-state index in [4.69, 9.17) is 14.5 Å². The Balaban J connectivity index is 1.71. The van der Waals surface area contributed by atoms with Gasteiger partial charge < -0.3 is 14.6 Å². The third-order valence-corrected chi connectivity index (χ3v) is 5.47. The molecule has 9 nitrogen and oxygen atoms in total. The molecule has 0 bridgehead atoms. The fourth-order valence-electron chi connectivity index (χ4n) is 3.88. The smallest absolute Gasteiger partial charge is 0.333 e. The quantitative estimate of drug-likeness (QED) is 0.446. The van der Waals surface area contributed by atoms with Gasteiger partial charge in [0.2, 0.25) is 0 Å². The number of fused-ring (bicyclic) bond motifs is 1. The maximum absolute atomic E-state index is 13.2. The van der Waals surface area contributed by atoms with Crippen LogP contribution in [0.4, 0.5) is 0 Å². The largest absolute Gasteiger partial charge is 0.492 e. The van der Waals surface area contributed by atoms with E-state index in [2.05, 4.69) is 12.0 Å². The maximum atomic E-state index is 13.2. The van der Waals surface area contributed by atoms with Gasteiger partial charge in [0.05, 0.1) is 12.2 Å². The van der Waals surface area contributed by atoms with Crippen LogP contribution in [0.5, 0.6) is 5.75 Å². The molecule has 0 aliphatic rings. The van der Waals surface area contributed by atoms with Gasteiger partial charge in [-0.15, -0.1) is 0 Å². The molecule has 2 aromatic heterocycles. The van der Waals surface area contributed by atoms with Gasteiger partial charge in [-0.1, -0.05) is 32.4 Å². The number of benzene rings is 1. The number of aliphatic carboxylic acids is 1. The average Bonchev–Trinajstić information content (AvgIpc) is 3.11. The first-order chi connectivity index (χ1) is 15.9. The lowest BCUT2D eigenvalue weighted by molar-refractivity contribution is -0.149. The second kappa shape index (κ2) is 11.1. The first-order valence-corrected chi connectivity index (χ1v) is 11.4. The van der Waals surface area contributed by atoms with Gasteiger partial charge in [-0.2, -0.15) is 5.10 Å². The lowest BCUT2D eigenvalue weighted by Crippen LogP contribution is -2.28. The zero-order valence-corrected chi connectivity index (χ0v) is 19.7. The van der Waals surface area contributed by atoms with Crippen molar-refractivity contribution in [3.63, 3.8) is 0 Å². The molecule has 0 unspecified atom stereocenters. The van der Waals surface area contributed by atoms with Crippen LogP contribution >= 0.6 is 0 Å². The number of carboxylic acid groups (broad SMARTS) is 1. The highest BCUT2D eigenvalue weighted by molar-refractivity contribution is 5.76. The third kappa shape index (κ3) is 5.60. The molecule has 0 radical (unpaired) electrons. The van der Waals surface area contributed by atoms with Crippen LogP contribution in [0, 0.1) is 0 Å². The summed E-state index contributed by atoms with van der Waals surface area (Å²) < 4.78 is 14.4. The molecule has 33 heavy (non-hydrogen) atoms. The van der Waals surface area contributed by atoms with Gasteiger partial charge in [0.1, 0.15) is 23.7 Å². The van der Waals surface area contributed by atoms with Gasteiger partial charge in [0.25, 0.3) is 5.56 Å². The van der Waals surface area contributed by atoms with E-state index in [1.165, 1.54) is 0 Å². The van der Waals surface area contributed by atoms with Crippen LogP contribution in [0.2, 0.25) is 0 Å². The van der Waals surface area contributed by atoms with Crippen molar-refractivity contribution < 1.29 is 19.4 Å². The van der Waals surface area contributed by atoms with Gasteiger partial charge in [-0.05, 0) is 31.0 Å². The second-order valence-corrected chi connectivity index (χ2v) is 7.83. The van der Waals surface area contributed by atoms with Crippen LogP contribution in [-0.2, 0) is 42.4 Å². The Bertz CT molecular complexity index is 1150. The Morgan fingerprint density at radius 2 is 1.91 bits per heavy atom. The van der Waals surface area contributed by atoms with Crippen LogP contribution in [-0.4, -0.2) is 49.7 Å². The fraction of sp³-hybridized carbons (Fsp3) is 0.500. The van der Waals surface area contributed by atoms with E-state index < -0.39 is 12.1 Å². The molecule has 0 amide bonds. The van der Waals surface area contributed by atoms with Crippen molar-refractivity contribution in [1.29, 1.82) is 0 Å². The van der Waals surface area contributed by atoms with Gasteiger partial charge in [0.15, 0.2) is 11.6 Å². The van der Waals surface area contributed by atoms with E-state index >= 15 is 0 Å². The standard InChI is InChI=1S/C24H32N4O5/c1-5-8-18-21-22(27(4)26-18)23(29)28(20(6-2)25-21)13-14-33-17-11-9-16(10-12-17)15-19(24(30)31)32-7-3/h9-12,19H,5-8,13-15H2,1-4H3,(H,30,31)/t19-/m0/s1. The van der Waals surface area contributed by atoms with E-state index in [-0.39, 0.29) is 12.0 Å². The molecule has 1 aromatic carbocycles. The lowest BCUT2D eigenvalue weighted by atomic mass is 10.1. The molecule has 1 N–H and O–H groups in total. The van der Waals surface area contributed by atoms with E-state index in [1.807, 2.05) is 19.1 Å². The van der Waals surface area contributed by atoms with Crippen molar-refractivity contribution in [3.8, 4) is 5.75 Å². The minimum atomic E-state index is -0.977. The normalized spacial score (nSPS) is 12.2. The average molecular weight is 457 g/mol. The number of carbonyl (C=O) groups is 1. The molecule has 3 rings (SSSR count). The fourth-order valence-corrected chi connectivity index (χ4v) is 3.88. The molecule has 0 saturated carbocycles. The molecule has 0 saturated heterocycles. The molecule has 9 heteroatoms. The Morgan fingerprint density at radius 3 is 2.52 bits per heavy atom. The highest BCUT2D eigenvalue weighted by atomic mass is 16.5. The molecule has 3 aromatic rings. The number of nitrogens with zero attached hydrogens (tertiary/aromatic N) is 4. The minimum absolute atomic E-state index is 0.108. The molecule has 2 heterocycles. The number of aryl methyl sites for hydroxylation is 3. The van der Waals surface area contributed by atoms with Crippen molar-refractivity contribution in [2.24, 2.45) is 7.05 Å². The molecule has 0 aliphatic heterocycles. The SMILES string of the molecule is CCCc1nn(C)c2c(=O)n(CCOc3ccc(C[C@H](OCC)C(=O)O)cc3)c(CC)nc12. The summed E-state index contributed by atoms with van der Waals surface area (Å²) in [4.78, 5) is 29.2. The van der Waals surface area contributed by atoms with Crippen LogP contribution in [0.3, 0.4) is 0 Å². The van der Waals surface area contributed by atoms with Crippen molar-refractivity contribution in [3.05, 3.63) is 51.7 Å². The number of ether oxygens (including phenoxy) is 2. The molecule has 1 atom stereocenters. The zero-order valence-electron chi connectivity index (χ0n) is 19.7. The third-order valence-electron chi connectivity index (χ3n) is 5.47. The number of hydrogen-bond acceptors (Lipinski definition) is 6. The maximum Gasteiger partial charge on any atom is 0.333 e. The van der Waals surface area contributed by atoms with Gasteiger partial charge in [-0.25, -0.2) is 9.78 Å². The highest BCUT2D eigenvalue weighted by Crippen LogP contribution is 2.17.